The van der Waals surface area contributed by atoms with E-state index in [2.05, 4.69) is 6.92 Å². The van der Waals surface area contributed by atoms with E-state index in [-0.39, 0.29) is 0 Å². The molecule has 92 valence electrons. The fourth-order valence-electron chi connectivity index (χ4n) is 1.18. The van der Waals surface area contributed by atoms with Crippen LogP contribution in [0.4, 0.5) is 0 Å². The normalized spacial score (nSPS) is 13.2. The summed E-state index contributed by atoms with van der Waals surface area (Å²) >= 11 is 0. The zero-order valence-corrected chi connectivity index (χ0v) is 12.5. The highest BCUT2D eigenvalue weighted by Gasteiger charge is 2.48. The molecule has 5 nitrogen and oxygen atoms in total. The molecule has 0 aromatic carbocycles. The third-order valence-electron chi connectivity index (χ3n) is 2.26. The maximum atomic E-state index is 5.85. The molecule has 0 bridgehead atoms. The Labute approximate surface area is 94.4 Å². The first-order valence-electron chi connectivity index (χ1n) is 4.92. The van der Waals surface area contributed by atoms with Gasteiger partial charge >= 0.3 is 17.6 Å². The van der Waals surface area contributed by atoms with E-state index in [0.717, 1.165) is 12.5 Å². The summed E-state index contributed by atoms with van der Waals surface area (Å²) in [4.78, 5) is 0. The van der Waals surface area contributed by atoms with Crippen LogP contribution in [0.5, 0.6) is 0 Å². The molecule has 0 aliphatic rings. The van der Waals surface area contributed by atoms with Crippen LogP contribution < -0.4 is 0 Å². The van der Waals surface area contributed by atoms with E-state index in [9.17, 15) is 0 Å². The van der Waals surface area contributed by atoms with Gasteiger partial charge in [-0.3, -0.25) is 0 Å². The Balaban J connectivity index is 4.63. The van der Waals surface area contributed by atoms with Gasteiger partial charge in [0.1, 0.15) is 0 Å². The Morgan fingerprint density at radius 3 is 1.60 bits per heavy atom. The summed E-state index contributed by atoms with van der Waals surface area (Å²) in [5.74, 6) is 0. The first kappa shape index (κ1) is 15.2. The van der Waals surface area contributed by atoms with E-state index in [1.54, 1.807) is 28.4 Å². The van der Waals surface area contributed by atoms with E-state index in [0.29, 0.717) is 0 Å². The predicted molar refractivity (Wildman–Crippen MR) is 61.6 cm³/mol. The summed E-state index contributed by atoms with van der Waals surface area (Å²) in [6, 6.07) is 0.759. The van der Waals surface area contributed by atoms with Crippen LogP contribution in [0.25, 0.3) is 0 Å². The van der Waals surface area contributed by atoms with Crippen LogP contribution in [0.1, 0.15) is 13.3 Å². The molecule has 0 aliphatic heterocycles. The molecular weight excluding hydrogens is 232 g/mol. The van der Waals surface area contributed by atoms with Crippen molar-refractivity contribution in [1.82, 2.24) is 0 Å². The molecule has 0 unspecified atom stereocenters. The van der Waals surface area contributed by atoms with E-state index in [1.165, 1.54) is 0 Å². The van der Waals surface area contributed by atoms with Crippen LogP contribution in [0, 0.1) is 0 Å². The standard InChI is InChI=1S/C8H22O5Si2/c1-7-8-15(11-4,12-5)13-14(6,9-2)10-3/h7-8H2,1-6H3. The van der Waals surface area contributed by atoms with Crippen molar-refractivity contribution in [2.75, 3.05) is 28.4 Å². The Hall–Kier alpha value is 0.234. The lowest BCUT2D eigenvalue weighted by molar-refractivity contribution is 0.0913. The summed E-state index contributed by atoms with van der Waals surface area (Å²) in [5, 5.41) is 0. The minimum absolute atomic E-state index is 0.759. The van der Waals surface area contributed by atoms with E-state index in [4.69, 9.17) is 21.8 Å². The summed E-state index contributed by atoms with van der Waals surface area (Å²) in [6.07, 6.45) is 0.936. The van der Waals surface area contributed by atoms with Gasteiger partial charge in [0.2, 0.25) is 0 Å². The molecule has 0 amide bonds. The third kappa shape index (κ3) is 4.31. The van der Waals surface area contributed by atoms with Gasteiger partial charge in [-0.1, -0.05) is 13.3 Å². The van der Waals surface area contributed by atoms with Crippen LogP contribution in [0.3, 0.4) is 0 Å². The Bertz CT molecular complexity index is 170. The SMILES string of the molecule is CCC[Si](OC)(OC)O[Si](C)(OC)OC. The van der Waals surface area contributed by atoms with Gasteiger partial charge in [-0.2, -0.15) is 0 Å². The van der Waals surface area contributed by atoms with Crippen molar-refractivity contribution in [2.45, 2.75) is 25.9 Å². The van der Waals surface area contributed by atoms with Gasteiger partial charge in [-0.15, -0.1) is 0 Å². The molecule has 0 N–H and O–H groups in total. The average Bonchev–Trinajstić information content (AvgIpc) is 2.28. The number of rotatable bonds is 8. The quantitative estimate of drug-likeness (QED) is 0.614. The predicted octanol–water partition coefficient (Wildman–Crippen LogP) is 1.51. The smallest absolute Gasteiger partial charge is 0.377 e. The fourth-order valence-corrected chi connectivity index (χ4v) is 6.53. The van der Waals surface area contributed by atoms with Crippen molar-refractivity contribution >= 4 is 17.6 Å². The van der Waals surface area contributed by atoms with Crippen molar-refractivity contribution in [3.63, 3.8) is 0 Å². The van der Waals surface area contributed by atoms with Gasteiger partial charge < -0.3 is 21.8 Å². The first-order valence-corrected chi connectivity index (χ1v) is 9.07. The summed E-state index contributed by atoms with van der Waals surface area (Å²) in [6.45, 7) is 3.88. The maximum Gasteiger partial charge on any atom is 0.493 e. The van der Waals surface area contributed by atoms with Gasteiger partial charge in [-0.25, -0.2) is 0 Å². The van der Waals surface area contributed by atoms with Crippen LogP contribution >= 0.6 is 0 Å². The number of hydrogen-bond donors (Lipinski definition) is 0. The van der Waals surface area contributed by atoms with Crippen molar-refractivity contribution in [1.29, 1.82) is 0 Å². The van der Waals surface area contributed by atoms with E-state index < -0.39 is 17.6 Å². The van der Waals surface area contributed by atoms with Crippen LogP contribution in [-0.4, -0.2) is 46.0 Å². The Morgan fingerprint density at radius 2 is 1.33 bits per heavy atom. The molecule has 0 aliphatic carbocycles. The fraction of sp³-hybridized carbons (Fsp3) is 1.00. The van der Waals surface area contributed by atoms with Crippen molar-refractivity contribution in [2.24, 2.45) is 0 Å². The first-order chi connectivity index (χ1) is 7.01. The Kier molecular flexibility index (Phi) is 6.84. The number of hydrogen-bond acceptors (Lipinski definition) is 5. The molecule has 0 spiro atoms. The molecule has 0 heterocycles. The average molecular weight is 254 g/mol. The van der Waals surface area contributed by atoms with Crippen LogP contribution in [0.2, 0.25) is 12.6 Å². The largest absolute Gasteiger partial charge is 0.493 e. The third-order valence-corrected chi connectivity index (χ3v) is 8.83. The minimum Gasteiger partial charge on any atom is -0.377 e. The molecule has 15 heavy (non-hydrogen) atoms. The summed E-state index contributed by atoms with van der Waals surface area (Å²) in [5.41, 5.74) is 0. The molecule has 0 saturated carbocycles. The van der Waals surface area contributed by atoms with Crippen LogP contribution in [-0.2, 0) is 21.8 Å². The molecular formula is C8H22O5Si2. The molecule has 0 aromatic heterocycles. The lowest BCUT2D eigenvalue weighted by Crippen LogP contribution is -2.55. The zero-order valence-electron chi connectivity index (χ0n) is 10.5. The van der Waals surface area contributed by atoms with Gasteiger partial charge in [0.15, 0.2) is 0 Å². The molecule has 7 heteroatoms. The second-order valence-corrected chi connectivity index (χ2v) is 9.25. The van der Waals surface area contributed by atoms with Crippen molar-refractivity contribution in [3.8, 4) is 0 Å². The van der Waals surface area contributed by atoms with Crippen molar-refractivity contribution in [3.05, 3.63) is 0 Å². The molecule has 0 fully saturated rings. The maximum absolute atomic E-state index is 5.85. The summed E-state index contributed by atoms with van der Waals surface area (Å²) in [7, 11) is 1.15. The topological polar surface area (TPSA) is 46.2 Å². The highest BCUT2D eigenvalue weighted by atomic mass is 28.5. The molecule has 0 atom stereocenters. The second-order valence-electron chi connectivity index (χ2n) is 3.21. The van der Waals surface area contributed by atoms with Gasteiger partial charge in [0.05, 0.1) is 0 Å². The highest BCUT2D eigenvalue weighted by molar-refractivity contribution is 6.74. The van der Waals surface area contributed by atoms with Gasteiger partial charge in [0.25, 0.3) is 0 Å². The lowest BCUT2D eigenvalue weighted by atomic mass is 10.6. The second kappa shape index (κ2) is 6.74. The van der Waals surface area contributed by atoms with E-state index >= 15 is 0 Å². The van der Waals surface area contributed by atoms with Crippen molar-refractivity contribution < 1.29 is 21.8 Å². The summed E-state index contributed by atoms with van der Waals surface area (Å²) < 4.78 is 27.2. The molecule has 0 aromatic rings. The molecule has 0 saturated heterocycles. The van der Waals surface area contributed by atoms with Crippen LogP contribution in [0.15, 0.2) is 0 Å². The van der Waals surface area contributed by atoms with Gasteiger partial charge in [0, 0.05) is 41.0 Å². The van der Waals surface area contributed by atoms with E-state index in [1.807, 2.05) is 6.55 Å². The lowest BCUT2D eigenvalue weighted by Gasteiger charge is -2.33. The molecule has 0 radical (unpaired) electrons. The minimum atomic E-state index is -2.61. The monoisotopic (exact) mass is 254 g/mol. The van der Waals surface area contributed by atoms with Gasteiger partial charge in [-0.05, 0) is 0 Å². The highest BCUT2D eigenvalue weighted by Crippen LogP contribution is 2.22. The Morgan fingerprint density at radius 1 is 0.867 bits per heavy atom. The molecule has 0 rings (SSSR count). The zero-order chi connectivity index (χ0) is 11.9.